The molecule has 0 fully saturated rings. The molecular formula is C16H37IO2Si2. The van der Waals surface area contributed by atoms with Crippen LogP contribution < -0.4 is 0 Å². The Bertz CT molecular complexity index is 317. The summed E-state index contributed by atoms with van der Waals surface area (Å²) >= 11 is 2.44. The van der Waals surface area contributed by atoms with E-state index in [-0.39, 0.29) is 16.2 Å². The molecule has 0 aliphatic rings. The van der Waals surface area contributed by atoms with E-state index in [4.69, 9.17) is 8.85 Å². The van der Waals surface area contributed by atoms with Gasteiger partial charge in [-0.3, -0.25) is 0 Å². The molecule has 0 N–H and O–H groups in total. The van der Waals surface area contributed by atoms with Gasteiger partial charge in [-0.15, -0.1) is 0 Å². The van der Waals surface area contributed by atoms with E-state index in [0.29, 0.717) is 0 Å². The smallest absolute Gasteiger partial charge is 0.192 e. The maximum absolute atomic E-state index is 6.58. The predicted molar refractivity (Wildman–Crippen MR) is 109 cm³/mol. The SMILES string of the molecule is CC(C)(C)[Si](C)(C)OCC(CCI)O[Si](C)(C)C(C)(C)C. The molecule has 0 amide bonds. The first-order valence-corrected chi connectivity index (χ1v) is 15.4. The van der Waals surface area contributed by atoms with Crippen molar-refractivity contribution in [3.63, 3.8) is 0 Å². The first-order valence-electron chi connectivity index (χ1n) is 8.02. The molecule has 1 unspecified atom stereocenters. The van der Waals surface area contributed by atoms with E-state index in [1.54, 1.807) is 0 Å². The minimum atomic E-state index is -1.72. The van der Waals surface area contributed by atoms with E-state index in [9.17, 15) is 0 Å². The molecule has 0 heterocycles. The second kappa shape index (κ2) is 7.77. The number of rotatable bonds is 7. The second-order valence-corrected chi connectivity index (χ2v) is 19.7. The highest BCUT2D eigenvalue weighted by Crippen LogP contribution is 2.39. The van der Waals surface area contributed by atoms with Crippen LogP contribution in [0.3, 0.4) is 0 Å². The average molecular weight is 445 g/mol. The summed E-state index contributed by atoms with van der Waals surface area (Å²) in [6.45, 7) is 23.8. The molecule has 0 rings (SSSR count). The molecule has 21 heavy (non-hydrogen) atoms. The fourth-order valence-corrected chi connectivity index (χ4v) is 4.51. The van der Waals surface area contributed by atoms with Crippen LogP contribution in [0.4, 0.5) is 0 Å². The molecule has 0 bridgehead atoms. The molecule has 0 aromatic heterocycles. The maximum atomic E-state index is 6.58. The Kier molecular flexibility index (Phi) is 8.17. The molecule has 5 heteroatoms. The molecule has 0 saturated heterocycles. The fraction of sp³-hybridized carbons (Fsp3) is 1.00. The quantitative estimate of drug-likeness (QED) is 0.264. The lowest BCUT2D eigenvalue weighted by Crippen LogP contribution is -2.48. The maximum Gasteiger partial charge on any atom is 0.192 e. The molecule has 2 nitrogen and oxygen atoms in total. The standard InChI is InChI=1S/C16H37IO2Si2/c1-15(2,3)20(7,8)18-13-14(11-12-17)19-21(9,10)16(4,5)6/h14H,11-13H2,1-10H3. The van der Waals surface area contributed by atoms with Gasteiger partial charge in [-0.1, -0.05) is 64.1 Å². The van der Waals surface area contributed by atoms with Crippen LogP contribution in [-0.4, -0.2) is 33.8 Å². The minimum absolute atomic E-state index is 0.247. The van der Waals surface area contributed by atoms with E-state index in [0.717, 1.165) is 17.5 Å². The number of hydrogen-bond acceptors (Lipinski definition) is 2. The lowest BCUT2D eigenvalue weighted by Gasteiger charge is -2.41. The number of hydrogen-bond donors (Lipinski definition) is 0. The van der Waals surface area contributed by atoms with Crippen LogP contribution in [-0.2, 0) is 8.85 Å². The number of alkyl halides is 1. The molecule has 0 aliphatic carbocycles. The van der Waals surface area contributed by atoms with Crippen molar-refractivity contribution < 1.29 is 8.85 Å². The van der Waals surface area contributed by atoms with Gasteiger partial charge < -0.3 is 8.85 Å². The van der Waals surface area contributed by atoms with E-state index in [2.05, 4.69) is 90.3 Å². The third kappa shape index (κ3) is 7.02. The Balaban J connectivity index is 4.80. The summed E-state index contributed by atoms with van der Waals surface area (Å²) in [5, 5.41) is 0.520. The predicted octanol–water partition coefficient (Wildman–Crippen LogP) is 6.22. The summed E-state index contributed by atoms with van der Waals surface area (Å²) in [6, 6.07) is 0. The van der Waals surface area contributed by atoms with Gasteiger partial charge in [-0.25, -0.2) is 0 Å². The van der Waals surface area contributed by atoms with Crippen LogP contribution in [0, 0.1) is 0 Å². The number of halogens is 1. The molecule has 128 valence electrons. The van der Waals surface area contributed by atoms with E-state index < -0.39 is 16.6 Å². The second-order valence-electron chi connectivity index (χ2n) is 9.05. The zero-order chi connectivity index (χ0) is 17.1. The highest BCUT2D eigenvalue weighted by atomic mass is 127. The Morgan fingerprint density at radius 2 is 1.29 bits per heavy atom. The largest absolute Gasteiger partial charge is 0.414 e. The van der Waals surface area contributed by atoms with Gasteiger partial charge in [0.2, 0.25) is 0 Å². The molecule has 0 aliphatic heterocycles. The average Bonchev–Trinajstić information content (AvgIpc) is 2.22. The highest BCUT2D eigenvalue weighted by molar-refractivity contribution is 14.1. The summed E-state index contributed by atoms with van der Waals surface area (Å²) in [6.07, 6.45) is 1.33. The molecule has 0 saturated carbocycles. The molecule has 0 aromatic carbocycles. The van der Waals surface area contributed by atoms with Crippen molar-refractivity contribution in [1.82, 2.24) is 0 Å². The van der Waals surface area contributed by atoms with Gasteiger partial charge >= 0.3 is 0 Å². The van der Waals surface area contributed by atoms with Gasteiger partial charge in [-0.05, 0) is 42.7 Å². The van der Waals surface area contributed by atoms with Crippen LogP contribution >= 0.6 is 22.6 Å². The molecule has 0 aromatic rings. The van der Waals surface area contributed by atoms with Gasteiger partial charge in [-0.2, -0.15) is 0 Å². The molecule has 1 atom stereocenters. The highest BCUT2D eigenvalue weighted by Gasteiger charge is 2.41. The van der Waals surface area contributed by atoms with Gasteiger partial charge in [0.05, 0.1) is 12.7 Å². The zero-order valence-corrected chi connectivity index (χ0v) is 20.1. The van der Waals surface area contributed by atoms with Gasteiger partial charge in [0.15, 0.2) is 16.6 Å². The van der Waals surface area contributed by atoms with Crippen LogP contribution in [0.15, 0.2) is 0 Å². The van der Waals surface area contributed by atoms with Gasteiger partial charge in [0.1, 0.15) is 0 Å². The van der Waals surface area contributed by atoms with Crippen LogP contribution in [0.25, 0.3) is 0 Å². The third-order valence-corrected chi connectivity index (χ3v) is 14.8. The zero-order valence-electron chi connectivity index (χ0n) is 15.9. The van der Waals surface area contributed by atoms with E-state index >= 15 is 0 Å². The lowest BCUT2D eigenvalue weighted by atomic mass is 10.2. The minimum Gasteiger partial charge on any atom is -0.414 e. The summed E-state index contributed by atoms with van der Waals surface area (Å²) in [5.74, 6) is 0. The first-order chi connectivity index (χ1) is 9.14. The van der Waals surface area contributed by atoms with E-state index in [1.165, 1.54) is 0 Å². The summed E-state index contributed by atoms with van der Waals surface area (Å²) in [4.78, 5) is 0. The van der Waals surface area contributed by atoms with Crippen LogP contribution in [0.2, 0.25) is 36.3 Å². The monoisotopic (exact) mass is 444 g/mol. The van der Waals surface area contributed by atoms with Crippen LogP contribution in [0.5, 0.6) is 0 Å². The summed E-state index contributed by atoms with van der Waals surface area (Å²) in [5.41, 5.74) is 0. The van der Waals surface area contributed by atoms with Crippen molar-refractivity contribution in [2.75, 3.05) is 11.0 Å². The van der Waals surface area contributed by atoms with Crippen molar-refractivity contribution in [1.29, 1.82) is 0 Å². The lowest BCUT2D eigenvalue weighted by molar-refractivity contribution is 0.106. The Morgan fingerprint density at radius 1 is 0.857 bits per heavy atom. The third-order valence-electron chi connectivity index (χ3n) is 5.13. The molecule has 0 radical (unpaired) electrons. The Hall–Kier alpha value is 1.08. The van der Waals surface area contributed by atoms with Gasteiger partial charge in [0, 0.05) is 4.43 Å². The van der Waals surface area contributed by atoms with Crippen molar-refractivity contribution in [2.24, 2.45) is 0 Å². The molecular weight excluding hydrogens is 407 g/mol. The topological polar surface area (TPSA) is 18.5 Å². The fourth-order valence-electron chi connectivity index (χ4n) is 1.41. The summed E-state index contributed by atoms with van der Waals surface area (Å²) < 4.78 is 14.1. The van der Waals surface area contributed by atoms with Crippen molar-refractivity contribution >= 4 is 39.2 Å². The summed E-state index contributed by atoms with van der Waals surface area (Å²) in [7, 11) is -3.40. The van der Waals surface area contributed by atoms with Crippen molar-refractivity contribution in [3.8, 4) is 0 Å². The molecule has 0 spiro atoms. The Morgan fingerprint density at radius 3 is 1.62 bits per heavy atom. The van der Waals surface area contributed by atoms with Crippen molar-refractivity contribution in [2.45, 2.75) is 90.3 Å². The van der Waals surface area contributed by atoms with Crippen molar-refractivity contribution in [3.05, 3.63) is 0 Å². The normalized spacial score (nSPS) is 16.1. The van der Waals surface area contributed by atoms with Gasteiger partial charge in [0.25, 0.3) is 0 Å². The first kappa shape index (κ1) is 22.1. The Labute approximate surface area is 149 Å². The van der Waals surface area contributed by atoms with Crippen LogP contribution in [0.1, 0.15) is 48.0 Å². The van der Waals surface area contributed by atoms with E-state index in [1.807, 2.05) is 0 Å².